The standard InChI is InChI=1S/C32H49N3O5/c1-8-17-33-26(37)23-24-28(39)35(22(19-36)18-21-13-11-10-12-14-21)25(32(24)16-15-31(23,9-2)40-32)27(38)34-30(6,7)20-29(3,4)5/h10-14,22-25,36H,8-9,15-20H2,1-7H3,(H,33,37)(H,34,38)/t22-,23+,24+,25?,31-,32?/m1/s1. The lowest BCUT2D eigenvalue weighted by Crippen LogP contribution is -2.61. The summed E-state index contributed by atoms with van der Waals surface area (Å²) in [5.74, 6) is -2.18. The van der Waals surface area contributed by atoms with E-state index in [0.717, 1.165) is 18.4 Å². The molecule has 6 atom stereocenters. The van der Waals surface area contributed by atoms with Crippen LogP contribution in [0.15, 0.2) is 30.3 Å². The minimum absolute atomic E-state index is 0.0270. The number of hydrogen-bond acceptors (Lipinski definition) is 5. The number of likely N-dealkylation sites (tertiary alicyclic amines) is 1. The summed E-state index contributed by atoms with van der Waals surface area (Å²) in [7, 11) is 0. The first kappa shape index (κ1) is 30.5. The molecule has 1 aromatic rings. The van der Waals surface area contributed by atoms with Crippen LogP contribution < -0.4 is 10.6 Å². The molecule has 0 saturated carbocycles. The predicted octanol–water partition coefficient (Wildman–Crippen LogP) is 3.60. The van der Waals surface area contributed by atoms with Gasteiger partial charge in [-0.1, -0.05) is 65.0 Å². The zero-order chi connectivity index (χ0) is 29.5. The molecule has 3 fully saturated rings. The van der Waals surface area contributed by atoms with Crippen LogP contribution in [0.4, 0.5) is 0 Å². The van der Waals surface area contributed by atoms with E-state index in [1.807, 2.05) is 58.0 Å². The molecule has 3 aliphatic heterocycles. The Hall–Kier alpha value is -2.45. The van der Waals surface area contributed by atoms with E-state index in [2.05, 4.69) is 31.4 Å². The number of nitrogens with one attached hydrogen (secondary N) is 2. The lowest BCUT2D eigenvalue weighted by Gasteiger charge is -2.40. The molecule has 3 amide bonds. The Labute approximate surface area is 239 Å². The molecule has 3 aliphatic rings. The lowest BCUT2D eigenvalue weighted by atomic mass is 9.65. The number of benzene rings is 1. The maximum atomic E-state index is 14.5. The molecular formula is C32H49N3O5. The van der Waals surface area contributed by atoms with Crippen LogP contribution in [0.3, 0.4) is 0 Å². The van der Waals surface area contributed by atoms with E-state index < -0.39 is 40.7 Å². The van der Waals surface area contributed by atoms with E-state index in [1.54, 1.807) is 4.90 Å². The Morgan fingerprint density at radius 3 is 2.35 bits per heavy atom. The van der Waals surface area contributed by atoms with E-state index in [-0.39, 0.29) is 29.7 Å². The summed E-state index contributed by atoms with van der Waals surface area (Å²) >= 11 is 0. The zero-order valence-electron chi connectivity index (χ0n) is 25.4. The van der Waals surface area contributed by atoms with Crippen molar-refractivity contribution >= 4 is 17.7 Å². The molecule has 222 valence electrons. The Morgan fingerprint density at radius 2 is 1.77 bits per heavy atom. The Morgan fingerprint density at radius 1 is 1.10 bits per heavy atom. The van der Waals surface area contributed by atoms with Crippen molar-refractivity contribution in [3.05, 3.63) is 35.9 Å². The van der Waals surface area contributed by atoms with Gasteiger partial charge in [-0.05, 0) is 63.4 Å². The monoisotopic (exact) mass is 555 g/mol. The molecule has 4 rings (SSSR count). The number of aliphatic hydroxyl groups excluding tert-OH is 1. The van der Waals surface area contributed by atoms with Crippen molar-refractivity contribution in [1.29, 1.82) is 0 Å². The lowest BCUT2D eigenvalue weighted by molar-refractivity contribution is -0.151. The maximum absolute atomic E-state index is 14.5. The molecule has 8 nitrogen and oxygen atoms in total. The van der Waals surface area contributed by atoms with Gasteiger partial charge in [-0.15, -0.1) is 0 Å². The van der Waals surface area contributed by atoms with Gasteiger partial charge in [0.15, 0.2) is 0 Å². The number of amides is 3. The molecule has 1 spiro atoms. The van der Waals surface area contributed by atoms with Gasteiger partial charge in [0.2, 0.25) is 17.7 Å². The molecule has 3 saturated heterocycles. The van der Waals surface area contributed by atoms with Gasteiger partial charge in [-0.3, -0.25) is 14.4 Å². The molecule has 0 radical (unpaired) electrons. The number of hydrogen-bond donors (Lipinski definition) is 3. The third-order valence-electron chi connectivity index (χ3n) is 9.05. The number of nitrogens with zero attached hydrogens (tertiary/aromatic N) is 1. The number of rotatable bonds is 11. The fourth-order valence-electron chi connectivity index (χ4n) is 8.01. The third-order valence-corrected chi connectivity index (χ3v) is 9.05. The van der Waals surface area contributed by atoms with Gasteiger partial charge >= 0.3 is 0 Å². The van der Waals surface area contributed by atoms with Gasteiger partial charge in [-0.2, -0.15) is 0 Å². The Kier molecular flexibility index (Phi) is 8.46. The van der Waals surface area contributed by atoms with Crippen molar-refractivity contribution in [1.82, 2.24) is 15.5 Å². The fraction of sp³-hybridized carbons (Fsp3) is 0.719. The highest BCUT2D eigenvalue weighted by Gasteiger charge is 2.79. The summed E-state index contributed by atoms with van der Waals surface area (Å²) in [6.07, 6.45) is 3.63. The van der Waals surface area contributed by atoms with Crippen molar-refractivity contribution < 1.29 is 24.2 Å². The van der Waals surface area contributed by atoms with Crippen LogP contribution in [0.25, 0.3) is 0 Å². The molecule has 2 bridgehead atoms. The second kappa shape index (κ2) is 11.1. The average Bonchev–Trinajstić information content (AvgIpc) is 3.48. The minimum Gasteiger partial charge on any atom is -0.394 e. The SMILES string of the molecule is CCCNC(=O)[C@@H]1[C@H]2C(=O)N([C@@H](CO)Cc3ccccc3)C(C(=O)NC(C)(C)CC(C)(C)C)C23CC[C@@]1(CC)O3. The first-order chi connectivity index (χ1) is 18.7. The van der Waals surface area contributed by atoms with Crippen LogP contribution in [-0.2, 0) is 25.5 Å². The predicted molar refractivity (Wildman–Crippen MR) is 154 cm³/mol. The van der Waals surface area contributed by atoms with Crippen LogP contribution in [0.2, 0.25) is 0 Å². The molecule has 3 N–H and O–H groups in total. The van der Waals surface area contributed by atoms with E-state index >= 15 is 0 Å². The van der Waals surface area contributed by atoms with Crippen LogP contribution in [0.5, 0.6) is 0 Å². The van der Waals surface area contributed by atoms with Crippen molar-refractivity contribution in [3.8, 4) is 0 Å². The molecule has 0 aromatic heterocycles. The number of carbonyl (C=O) groups is 3. The van der Waals surface area contributed by atoms with Crippen LogP contribution in [0, 0.1) is 17.3 Å². The van der Waals surface area contributed by atoms with Gasteiger partial charge in [0.1, 0.15) is 11.6 Å². The van der Waals surface area contributed by atoms with Gasteiger partial charge < -0.3 is 25.4 Å². The summed E-state index contributed by atoms with van der Waals surface area (Å²) in [6, 6.07) is 8.11. The molecule has 40 heavy (non-hydrogen) atoms. The molecule has 8 heteroatoms. The Bertz CT molecular complexity index is 1100. The van der Waals surface area contributed by atoms with E-state index in [9.17, 15) is 19.5 Å². The smallest absolute Gasteiger partial charge is 0.246 e. The average molecular weight is 556 g/mol. The number of fused-ring (bicyclic) bond motifs is 1. The van der Waals surface area contributed by atoms with Crippen molar-refractivity contribution in [3.63, 3.8) is 0 Å². The zero-order valence-corrected chi connectivity index (χ0v) is 25.4. The van der Waals surface area contributed by atoms with Gasteiger partial charge in [0, 0.05) is 12.1 Å². The number of ether oxygens (including phenoxy) is 1. The highest BCUT2D eigenvalue weighted by Crippen LogP contribution is 2.64. The largest absolute Gasteiger partial charge is 0.394 e. The number of aliphatic hydroxyl groups is 1. The summed E-state index contributed by atoms with van der Waals surface area (Å²) in [4.78, 5) is 44.1. The molecule has 1 aromatic carbocycles. The van der Waals surface area contributed by atoms with Gasteiger partial charge in [0.25, 0.3) is 0 Å². The summed E-state index contributed by atoms with van der Waals surface area (Å²) in [6.45, 7) is 14.6. The van der Waals surface area contributed by atoms with Crippen molar-refractivity contribution in [2.45, 2.75) is 116 Å². The summed E-state index contributed by atoms with van der Waals surface area (Å²) < 4.78 is 6.86. The summed E-state index contributed by atoms with van der Waals surface area (Å²) in [5, 5.41) is 16.9. The maximum Gasteiger partial charge on any atom is 0.246 e. The normalized spacial score (nSPS) is 30.4. The molecule has 2 unspecified atom stereocenters. The van der Waals surface area contributed by atoms with Gasteiger partial charge in [0.05, 0.1) is 30.1 Å². The van der Waals surface area contributed by atoms with E-state index in [0.29, 0.717) is 32.2 Å². The first-order valence-corrected chi connectivity index (χ1v) is 15.0. The third kappa shape index (κ3) is 5.41. The molecular weight excluding hydrogens is 506 g/mol. The highest BCUT2D eigenvalue weighted by atomic mass is 16.5. The quantitative estimate of drug-likeness (QED) is 0.387. The summed E-state index contributed by atoms with van der Waals surface area (Å²) in [5.41, 5.74) is -1.50. The minimum atomic E-state index is -1.12. The van der Waals surface area contributed by atoms with Crippen LogP contribution in [0.1, 0.15) is 86.1 Å². The highest BCUT2D eigenvalue weighted by molar-refractivity contribution is 5.99. The van der Waals surface area contributed by atoms with Crippen LogP contribution >= 0.6 is 0 Å². The van der Waals surface area contributed by atoms with Crippen molar-refractivity contribution in [2.24, 2.45) is 17.3 Å². The number of carbonyl (C=O) groups excluding carboxylic acids is 3. The van der Waals surface area contributed by atoms with E-state index in [1.165, 1.54) is 0 Å². The van der Waals surface area contributed by atoms with Gasteiger partial charge in [-0.25, -0.2) is 0 Å². The topological polar surface area (TPSA) is 108 Å². The Balaban J connectivity index is 1.78. The second-order valence-corrected chi connectivity index (χ2v) is 14.0. The van der Waals surface area contributed by atoms with E-state index in [4.69, 9.17) is 4.74 Å². The van der Waals surface area contributed by atoms with Crippen LogP contribution in [-0.4, -0.2) is 69.7 Å². The molecule has 0 aliphatic carbocycles. The van der Waals surface area contributed by atoms with Crippen molar-refractivity contribution in [2.75, 3.05) is 13.2 Å². The first-order valence-electron chi connectivity index (χ1n) is 15.0. The fourth-order valence-corrected chi connectivity index (χ4v) is 8.01. The second-order valence-electron chi connectivity index (χ2n) is 14.0. The molecule has 3 heterocycles.